The van der Waals surface area contributed by atoms with Crippen molar-refractivity contribution in [2.45, 2.75) is 52.3 Å². The van der Waals surface area contributed by atoms with E-state index in [4.69, 9.17) is 9.15 Å². The molecule has 1 aliphatic heterocycles. The first kappa shape index (κ1) is 16.1. The molecule has 0 unspecified atom stereocenters. The van der Waals surface area contributed by atoms with Crippen LogP contribution >= 0.6 is 0 Å². The van der Waals surface area contributed by atoms with E-state index in [0.717, 1.165) is 68.4 Å². The number of aromatic nitrogens is 2. The zero-order chi connectivity index (χ0) is 16.1. The smallest absolute Gasteiger partial charge is 0.127 e. The van der Waals surface area contributed by atoms with E-state index in [0.29, 0.717) is 6.10 Å². The Bertz CT molecular complexity index is 603. The molecule has 0 saturated carbocycles. The predicted octanol–water partition coefficient (Wildman–Crippen LogP) is 3.12. The Labute approximate surface area is 137 Å². The van der Waals surface area contributed by atoms with Gasteiger partial charge in [0, 0.05) is 44.1 Å². The molecule has 0 N–H and O–H groups in total. The van der Waals surface area contributed by atoms with E-state index in [2.05, 4.69) is 27.9 Å². The van der Waals surface area contributed by atoms with Crippen molar-refractivity contribution in [2.24, 2.45) is 0 Å². The summed E-state index contributed by atoms with van der Waals surface area (Å²) in [5, 5.41) is 0. The molecule has 5 nitrogen and oxygen atoms in total. The summed E-state index contributed by atoms with van der Waals surface area (Å²) >= 11 is 0. The average Bonchev–Trinajstić information content (AvgIpc) is 3.20. The number of furan rings is 1. The fraction of sp³-hybridized carbons (Fsp3) is 0.556. The second-order valence-electron chi connectivity index (χ2n) is 6.18. The van der Waals surface area contributed by atoms with Crippen molar-refractivity contribution in [1.82, 2.24) is 14.9 Å². The van der Waals surface area contributed by atoms with Gasteiger partial charge in [0.1, 0.15) is 17.3 Å². The molecular formula is C18H25N3O2. The minimum atomic E-state index is 0.321. The lowest BCUT2D eigenvalue weighted by Crippen LogP contribution is -2.31. The molecule has 2 aromatic rings. The van der Waals surface area contributed by atoms with E-state index in [-0.39, 0.29) is 0 Å². The normalized spacial score (nSPS) is 18.0. The van der Waals surface area contributed by atoms with Crippen LogP contribution in [0.25, 0.3) is 0 Å². The molecule has 1 fully saturated rings. The van der Waals surface area contributed by atoms with Gasteiger partial charge < -0.3 is 9.15 Å². The van der Waals surface area contributed by atoms with Crippen molar-refractivity contribution in [1.29, 1.82) is 0 Å². The van der Waals surface area contributed by atoms with Crippen molar-refractivity contribution >= 4 is 0 Å². The van der Waals surface area contributed by atoms with Gasteiger partial charge in [-0.25, -0.2) is 9.97 Å². The van der Waals surface area contributed by atoms with Crippen LogP contribution in [0, 0.1) is 6.92 Å². The van der Waals surface area contributed by atoms with Gasteiger partial charge in [-0.2, -0.15) is 0 Å². The molecule has 3 rings (SSSR count). The summed E-state index contributed by atoms with van der Waals surface area (Å²) in [6, 6.07) is 4.06. The molecule has 5 heteroatoms. The summed E-state index contributed by atoms with van der Waals surface area (Å²) in [5.41, 5.74) is 1.13. The fourth-order valence-electron chi connectivity index (χ4n) is 2.96. The second kappa shape index (κ2) is 7.70. The monoisotopic (exact) mass is 315 g/mol. The number of hydrogen-bond donors (Lipinski definition) is 0. The number of hydrogen-bond acceptors (Lipinski definition) is 5. The van der Waals surface area contributed by atoms with Gasteiger partial charge in [0.2, 0.25) is 0 Å². The Balaban J connectivity index is 1.67. The lowest BCUT2D eigenvalue weighted by atomic mass is 10.2. The van der Waals surface area contributed by atoms with Gasteiger partial charge in [-0.05, 0) is 31.9 Å². The zero-order valence-corrected chi connectivity index (χ0v) is 14.0. The Morgan fingerprint density at radius 1 is 1.22 bits per heavy atom. The minimum absolute atomic E-state index is 0.321. The molecule has 0 aromatic carbocycles. The maximum atomic E-state index is 5.80. The Morgan fingerprint density at radius 3 is 2.65 bits per heavy atom. The molecular weight excluding hydrogens is 290 g/mol. The SMILES string of the molecule is CCc1ncc(CN(Cc2ccc(C)o2)C[C@H]2CCCO2)cn1. The molecule has 2 aromatic heterocycles. The summed E-state index contributed by atoms with van der Waals surface area (Å²) in [7, 11) is 0. The molecule has 1 saturated heterocycles. The highest BCUT2D eigenvalue weighted by molar-refractivity contribution is 5.08. The highest BCUT2D eigenvalue weighted by Crippen LogP contribution is 2.18. The fourth-order valence-corrected chi connectivity index (χ4v) is 2.96. The molecule has 0 aliphatic carbocycles. The van der Waals surface area contributed by atoms with Crippen molar-refractivity contribution in [3.63, 3.8) is 0 Å². The first-order chi connectivity index (χ1) is 11.2. The number of ether oxygens (including phenoxy) is 1. The first-order valence-electron chi connectivity index (χ1n) is 8.42. The van der Waals surface area contributed by atoms with E-state index < -0.39 is 0 Å². The summed E-state index contributed by atoms with van der Waals surface area (Å²) in [5.74, 6) is 2.83. The van der Waals surface area contributed by atoms with Crippen LogP contribution in [0.5, 0.6) is 0 Å². The van der Waals surface area contributed by atoms with Crippen LogP contribution in [0.15, 0.2) is 28.9 Å². The lowest BCUT2D eigenvalue weighted by Gasteiger charge is -2.24. The van der Waals surface area contributed by atoms with Crippen LogP contribution in [0.4, 0.5) is 0 Å². The molecule has 1 atom stereocenters. The van der Waals surface area contributed by atoms with Crippen LogP contribution in [0.3, 0.4) is 0 Å². The summed E-state index contributed by atoms with van der Waals surface area (Å²) in [6.07, 6.45) is 7.35. The van der Waals surface area contributed by atoms with Crippen molar-refractivity contribution in [3.05, 3.63) is 47.4 Å². The zero-order valence-electron chi connectivity index (χ0n) is 14.0. The Kier molecular flexibility index (Phi) is 5.41. The Morgan fingerprint density at radius 2 is 2.04 bits per heavy atom. The van der Waals surface area contributed by atoms with E-state index in [1.807, 2.05) is 25.4 Å². The average molecular weight is 315 g/mol. The summed E-state index contributed by atoms with van der Waals surface area (Å²) in [4.78, 5) is 11.2. The molecule has 0 radical (unpaired) electrons. The van der Waals surface area contributed by atoms with Gasteiger partial charge >= 0.3 is 0 Å². The molecule has 1 aliphatic rings. The van der Waals surface area contributed by atoms with E-state index in [1.54, 1.807) is 0 Å². The molecule has 0 spiro atoms. The van der Waals surface area contributed by atoms with Gasteiger partial charge in [-0.15, -0.1) is 0 Å². The van der Waals surface area contributed by atoms with Gasteiger partial charge in [0.25, 0.3) is 0 Å². The van der Waals surface area contributed by atoms with Crippen LogP contribution in [0.2, 0.25) is 0 Å². The standard InChI is InChI=1S/C18H25N3O2/c1-3-18-19-9-15(10-20-18)11-21(12-16-5-4-8-22-16)13-17-7-6-14(2)23-17/h6-7,9-10,16H,3-5,8,11-13H2,1-2H3/t16-/m1/s1. The van der Waals surface area contributed by atoms with Crippen LogP contribution in [-0.2, 0) is 24.2 Å². The van der Waals surface area contributed by atoms with Crippen LogP contribution < -0.4 is 0 Å². The molecule has 0 amide bonds. The van der Waals surface area contributed by atoms with Crippen molar-refractivity contribution in [3.8, 4) is 0 Å². The highest BCUT2D eigenvalue weighted by atomic mass is 16.5. The number of nitrogens with zero attached hydrogens (tertiary/aromatic N) is 3. The third-order valence-corrected chi connectivity index (χ3v) is 4.14. The van der Waals surface area contributed by atoms with Crippen LogP contribution in [0.1, 0.15) is 42.7 Å². The molecule has 3 heterocycles. The van der Waals surface area contributed by atoms with E-state index in [1.165, 1.54) is 0 Å². The third-order valence-electron chi connectivity index (χ3n) is 4.14. The third kappa shape index (κ3) is 4.62. The van der Waals surface area contributed by atoms with E-state index >= 15 is 0 Å². The van der Waals surface area contributed by atoms with Gasteiger partial charge in [-0.3, -0.25) is 4.90 Å². The maximum absolute atomic E-state index is 5.80. The van der Waals surface area contributed by atoms with Gasteiger partial charge in [0.05, 0.1) is 12.6 Å². The quantitative estimate of drug-likeness (QED) is 0.786. The number of rotatable bonds is 7. The van der Waals surface area contributed by atoms with Gasteiger partial charge in [-0.1, -0.05) is 6.92 Å². The largest absolute Gasteiger partial charge is 0.465 e. The van der Waals surface area contributed by atoms with E-state index in [9.17, 15) is 0 Å². The van der Waals surface area contributed by atoms with Gasteiger partial charge in [0.15, 0.2) is 0 Å². The second-order valence-corrected chi connectivity index (χ2v) is 6.18. The Hall–Kier alpha value is -1.72. The lowest BCUT2D eigenvalue weighted by molar-refractivity contribution is 0.0653. The predicted molar refractivity (Wildman–Crippen MR) is 87.9 cm³/mol. The minimum Gasteiger partial charge on any atom is -0.465 e. The number of aryl methyl sites for hydroxylation is 2. The van der Waals surface area contributed by atoms with Crippen molar-refractivity contribution < 1.29 is 9.15 Å². The molecule has 124 valence electrons. The highest BCUT2D eigenvalue weighted by Gasteiger charge is 2.20. The summed E-state index contributed by atoms with van der Waals surface area (Å²) in [6.45, 7) is 7.43. The van der Waals surface area contributed by atoms with Crippen molar-refractivity contribution in [2.75, 3.05) is 13.2 Å². The van der Waals surface area contributed by atoms with Crippen LogP contribution in [-0.4, -0.2) is 34.1 Å². The molecule has 0 bridgehead atoms. The molecule has 23 heavy (non-hydrogen) atoms. The topological polar surface area (TPSA) is 51.4 Å². The summed E-state index contributed by atoms with van der Waals surface area (Å²) < 4.78 is 11.5. The first-order valence-corrected chi connectivity index (χ1v) is 8.42. The maximum Gasteiger partial charge on any atom is 0.127 e.